The summed E-state index contributed by atoms with van der Waals surface area (Å²) in [6.07, 6.45) is -0.425. The SMILES string of the molecule is CC(=O)NNC(=O)C1CN(C(=O)OC(C)(C)C)C1. The number of hydrazine groups is 1. The predicted molar refractivity (Wildman–Crippen MR) is 63.3 cm³/mol. The van der Waals surface area contributed by atoms with E-state index >= 15 is 0 Å². The number of likely N-dealkylation sites (tertiary alicyclic amines) is 1. The van der Waals surface area contributed by atoms with Gasteiger partial charge in [0.25, 0.3) is 0 Å². The topological polar surface area (TPSA) is 87.7 Å². The van der Waals surface area contributed by atoms with Crippen LogP contribution in [0.2, 0.25) is 0 Å². The molecule has 1 heterocycles. The Morgan fingerprint density at radius 1 is 1.17 bits per heavy atom. The molecule has 3 amide bonds. The number of carbonyl (C=O) groups excluding carboxylic acids is 3. The first-order chi connectivity index (χ1) is 8.19. The van der Waals surface area contributed by atoms with Crippen molar-refractivity contribution >= 4 is 17.9 Å². The minimum atomic E-state index is -0.541. The summed E-state index contributed by atoms with van der Waals surface area (Å²) in [4.78, 5) is 35.1. The van der Waals surface area contributed by atoms with E-state index in [9.17, 15) is 14.4 Å². The van der Waals surface area contributed by atoms with E-state index in [1.54, 1.807) is 20.8 Å². The highest BCUT2D eigenvalue weighted by atomic mass is 16.6. The van der Waals surface area contributed by atoms with E-state index in [1.807, 2.05) is 0 Å². The minimum absolute atomic E-state index is 0.301. The molecule has 0 bridgehead atoms. The van der Waals surface area contributed by atoms with Crippen LogP contribution in [0, 0.1) is 5.92 Å². The van der Waals surface area contributed by atoms with Crippen molar-refractivity contribution in [2.75, 3.05) is 13.1 Å². The van der Waals surface area contributed by atoms with Gasteiger partial charge in [0.05, 0.1) is 5.92 Å². The van der Waals surface area contributed by atoms with Gasteiger partial charge < -0.3 is 9.64 Å². The van der Waals surface area contributed by atoms with Crippen molar-refractivity contribution in [2.24, 2.45) is 5.92 Å². The van der Waals surface area contributed by atoms with Gasteiger partial charge >= 0.3 is 6.09 Å². The second kappa shape index (κ2) is 5.24. The lowest BCUT2D eigenvalue weighted by Gasteiger charge is -2.38. The Morgan fingerprint density at radius 3 is 2.17 bits per heavy atom. The molecule has 1 aliphatic heterocycles. The zero-order valence-electron chi connectivity index (χ0n) is 11.1. The van der Waals surface area contributed by atoms with Crippen LogP contribution < -0.4 is 10.9 Å². The molecule has 1 saturated heterocycles. The van der Waals surface area contributed by atoms with Crippen molar-refractivity contribution in [1.82, 2.24) is 15.8 Å². The second-order valence-corrected chi connectivity index (χ2v) is 5.25. The van der Waals surface area contributed by atoms with Gasteiger partial charge in [-0.25, -0.2) is 4.79 Å². The summed E-state index contributed by atoms with van der Waals surface area (Å²) in [5.74, 6) is -0.943. The highest BCUT2D eigenvalue weighted by molar-refractivity contribution is 5.84. The van der Waals surface area contributed by atoms with Crippen LogP contribution in [0.3, 0.4) is 0 Å². The number of nitrogens with one attached hydrogen (secondary N) is 2. The van der Waals surface area contributed by atoms with E-state index in [4.69, 9.17) is 4.74 Å². The van der Waals surface area contributed by atoms with Crippen LogP contribution in [-0.2, 0) is 14.3 Å². The van der Waals surface area contributed by atoms with Crippen LogP contribution >= 0.6 is 0 Å². The fraction of sp³-hybridized carbons (Fsp3) is 0.727. The Labute approximate surface area is 106 Å². The van der Waals surface area contributed by atoms with E-state index in [1.165, 1.54) is 11.8 Å². The normalized spacial score (nSPS) is 15.7. The van der Waals surface area contributed by atoms with Gasteiger partial charge in [-0.1, -0.05) is 0 Å². The van der Waals surface area contributed by atoms with E-state index in [0.717, 1.165) is 0 Å². The van der Waals surface area contributed by atoms with Crippen LogP contribution in [0.25, 0.3) is 0 Å². The molecule has 0 aromatic rings. The Kier molecular flexibility index (Phi) is 4.15. The van der Waals surface area contributed by atoms with Gasteiger partial charge in [-0.05, 0) is 20.8 Å². The number of ether oxygens (including phenoxy) is 1. The molecule has 0 unspecified atom stereocenters. The smallest absolute Gasteiger partial charge is 0.410 e. The molecule has 0 aliphatic carbocycles. The summed E-state index contributed by atoms with van der Waals surface area (Å²) in [7, 11) is 0. The molecule has 0 aromatic carbocycles. The first-order valence-electron chi connectivity index (χ1n) is 5.73. The standard InChI is InChI=1S/C11H19N3O4/c1-7(15)12-13-9(16)8-5-14(6-8)10(17)18-11(2,3)4/h8H,5-6H2,1-4H3,(H,12,15)(H,13,16). The summed E-state index contributed by atoms with van der Waals surface area (Å²) in [5, 5.41) is 0. The molecule has 0 aromatic heterocycles. The molecule has 0 spiro atoms. The van der Waals surface area contributed by atoms with Gasteiger partial charge in [0.1, 0.15) is 5.60 Å². The molecule has 7 nitrogen and oxygen atoms in total. The van der Waals surface area contributed by atoms with Crippen molar-refractivity contribution in [3.63, 3.8) is 0 Å². The van der Waals surface area contributed by atoms with Crippen molar-refractivity contribution in [3.8, 4) is 0 Å². The van der Waals surface area contributed by atoms with Gasteiger partial charge in [-0.2, -0.15) is 0 Å². The van der Waals surface area contributed by atoms with Crippen LogP contribution in [0.5, 0.6) is 0 Å². The summed E-state index contributed by atoms with van der Waals surface area (Å²) in [6.45, 7) is 7.26. The van der Waals surface area contributed by atoms with Gasteiger partial charge in [-0.3, -0.25) is 20.4 Å². The van der Waals surface area contributed by atoms with E-state index in [-0.39, 0.29) is 17.7 Å². The Hall–Kier alpha value is -1.79. The average molecular weight is 257 g/mol. The maximum atomic E-state index is 11.6. The molecule has 2 N–H and O–H groups in total. The van der Waals surface area contributed by atoms with Crippen molar-refractivity contribution < 1.29 is 19.1 Å². The lowest BCUT2D eigenvalue weighted by Crippen LogP contribution is -2.58. The van der Waals surface area contributed by atoms with Crippen LogP contribution in [0.15, 0.2) is 0 Å². The molecular weight excluding hydrogens is 238 g/mol. The van der Waals surface area contributed by atoms with Gasteiger partial charge in [-0.15, -0.1) is 0 Å². The van der Waals surface area contributed by atoms with Crippen molar-refractivity contribution in [1.29, 1.82) is 0 Å². The van der Waals surface area contributed by atoms with Crippen LogP contribution in [0.1, 0.15) is 27.7 Å². The van der Waals surface area contributed by atoms with Crippen LogP contribution in [0.4, 0.5) is 4.79 Å². The number of carbonyl (C=O) groups is 3. The average Bonchev–Trinajstić information content (AvgIpc) is 2.08. The van der Waals surface area contributed by atoms with E-state index in [0.29, 0.717) is 13.1 Å². The summed E-state index contributed by atoms with van der Waals surface area (Å²) >= 11 is 0. The molecule has 0 radical (unpaired) electrons. The van der Waals surface area contributed by atoms with Gasteiger partial charge in [0.2, 0.25) is 11.8 Å². The minimum Gasteiger partial charge on any atom is -0.444 e. The highest BCUT2D eigenvalue weighted by Gasteiger charge is 2.37. The zero-order valence-corrected chi connectivity index (χ0v) is 11.1. The quantitative estimate of drug-likeness (QED) is 0.648. The van der Waals surface area contributed by atoms with Crippen molar-refractivity contribution in [2.45, 2.75) is 33.3 Å². The number of rotatable bonds is 1. The largest absolute Gasteiger partial charge is 0.444 e. The Balaban J connectivity index is 2.29. The van der Waals surface area contributed by atoms with Gasteiger partial charge in [0.15, 0.2) is 0 Å². The van der Waals surface area contributed by atoms with Crippen molar-refractivity contribution in [3.05, 3.63) is 0 Å². The first kappa shape index (κ1) is 14.3. The van der Waals surface area contributed by atoms with E-state index < -0.39 is 11.7 Å². The molecule has 1 aliphatic rings. The number of nitrogens with zero attached hydrogens (tertiary/aromatic N) is 1. The molecule has 102 valence electrons. The number of hydrogen-bond acceptors (Lipinski definition) is 4. The third-order valence-electron chi connectivity index (χ3n) is 2.27. The molecule has 18 heavy (non-hydrogen) atoms. The molecule has 0 atom stereocenters. The fourth-order valence-electron chi connectivity index (χ4n) is 1.37. The zero-order chi connectivity index (χ0) is 13.9. The lowest BCUT2D eigenvalue weighted by molar-refractivity contribution is -0.134. The summed E-state index contributed by atoms with van der Waals surface area (Å²) < 4.78 is 5.15. The summed E-state index contributed by atoms with van der Waals surface area (Å²) in [5.41, 5.74) is 3.94. The molecule has 0 saturated carbocycles. The highest BCUT2D eigenvalue weighted by Crippen LogP contribution is 2.19. The predicted octanol–water partition coefficient (Wildman–Crippen LogP) is 0.0206. The molecule has 1 fully saturated rings. The third kappa shape index (κ3) is 4.23. The molecule has 7 heteroatoms. The lowest BCUT2D eigenvalue weighted by atomic mass is 10.0. The van der Waals surface area contributed by atoms with Gasteiger partial charge in [0, 0.05) is 20.0 Å². The monoisotopic (exact) mass is 257 g/mol. The summed E-state index contributed by atoms with van der Waals surface area (Å²) in [6, 6.07) is 0. The molecular formula is C11H19N3O4. The Bertz CT molecular complexity index is 356. The van der Waals surface area contributed by atoms with E-state index in [2.05, 4.69) is 10.9 Å². The first-order valence-corrected chi connectivity index (χ1v) is 5.73. The maximum absolute atomic E-state index is 11.6. The third-order valence-corrected chi connectivity index (χ3v) is 2.27. The fourth-order valence-corrected chi connectivity index (χ4v) is 1.37. The Morgan fingerprint density at radius 2 is 1.72 bits per heavy atom. The maximum Gasteiger partial charge on any atom is 0.410 e. The molecule has 1 rings (SSSR count). The number of amides is 3. The second-order valence-electron chi connectivity index (χ2n) is 5.25. The number of hydrogen-bond donors (Lipinski definition) is 2. The van der Waals surface area contributed by atoms with Crippen LogP contribution in [-0.4, -0.2) is 41.5 Å².